The predicted molar refractivity (Wildman–Crippen MR) is 117 cm³/mol. The number of carbonyl (C=O) groups is 2. The number of benzene rings is 3. The van der Waals surface area contributed by atoms with Crippen molar-refractivity contribution in [3.8, 4) is 0 Å². The van der Waals surface area contributed by atoms with E-state index in [9.17, 15) is 14.0 Å². The van der Waals surface area contributed by atoms with E-state index in [-0.39, 0.29) is 24.3 Å². The molecule has 0 aliphatic rings. The maximum Gasteiger partial charge on any atom is 0.257 e. The minimum Gasteiger partial charge on any atom is -0.324 e. The Morgan fingerprint density at radius 2 is 1.60 bits per heavy atom. The summed E-state index contributed by atoms with van der Waals surface area (Å²) in [5.74, 6) is -1.09. The van der Waals surface area contributed by atoms with Gasteiger partial charge in [-0.1, -0.05) is 41.9 Å². The number of nitrogens with one attached hydrogen (secondary N) is 3. The second kappa shape index (κ2) is 10.0. The van der Waals surface area contributed by atoms with Crippen LogP contribution in [-0.4, -0.2) is 18.4 Å². The third-order valence-electron chi connectivity index (χ3n) is 4.49. The van der Waals surface area contributed by atoms with E-state index >= 15 is 0 Å². The topological polar surface area (TPSA) is 70.2 Å². The minimum atomic E-state index is -0.407. The first kappa shape index (κ1) is 21.5. The van der Waals surface area contributed by atoms with Gasteiger partial charge in [-0.2, -0.15) is 0 Å². The lowest BCUT2D eigenvalue weighted by Crippen LogP contribution is -2.30. The van der Waals surface area contributed by atoms with E-state index in [4.69, 9.17) is 11.6 Å². The number of hydrogen-bond donors (Lipinski definition) is 3. The first-order valence-corrected chi connectivity index (χ1v) is 9.75. The van der Waals surface area contributed by atoms with Gasteiger partial charge in [0, 0.05) is 16.8 Å². The largest absolute Gasteiger partial charge is 0.324 e. The predicted octanol–water partition coefficient (Wildman–Crippen LogP) is 5.02. The summed E-state index contributed by atoms with van der Waals surface area (Å²) in [5.41, 5.74) is 2.03. The fourth-order valence-electron chi connectivity index (χ4n) is 2.90. The van der Waals surface area contributed by atoms with Gasteiger partial charge < -0.3 is 16.0 Å². The van der Waals surface area contributed by atoms with Gasteiger partial charge >= 0.3 is 0 Å². The average Bonchev–Trinajstić information content (AvgIpc) is 2.74. The van der Waals surface area contributed by atoms with E-state index in [0.717, 1.165) is 5.56 Å². The second-order valence-corrected chi connectivity index (χ2v) is 7.09. The molecule has 0 aliphatic carbocycles. The van der Waals surface area contributed by atoms with Crippen molar-refractivity contribution in [3.05, 3.63) is 94.8 Å². The van der Waals surface area contributed by atoms with Crippen LogP contribution in [0, 0.1) is 5.82 Å². The molecule has 3 N–H and O–H groups in total. The monoisotopic (exact) mass is 425 g/mol. The molecule has 0 spiro atoms. The molecule has 0 fully saturated rings. The van der Waals surface area contributed by atoms with Crippen LogP contribution in [0.1, 0.15) is 28.9 Å². The van der Waals surface area contributed by atoms with Crippen LogP contribution in [0.2, 0.25) is 5.02 Å². The molecule has 2 amide bonds. The molecule has 0 radical (unpaired) electrons. The van der Waals surface area contributed by atoms with Gasteiger partial charge in [0.1, 0.15) is 5.82 Å². The fraction of sp³-hybridized carbons (Fsp3) is 0.130. The van der Waals surface area contributed by atoms with E-state index in [1.54, 1.807) is 30.3 Å². The molecular formula is C23H21ClFN3O2. The standard InChI is InChI=1S/C23H21ClFN3O2/c1-15(18-6-2-4-8-20(18)24)26-14-22(29)28-21-9-5-3-7-19(21)23(30)27-17-12-10-16(25)11-13-17/h2-13,15,26H,14H2,1H3,(H,27,30)(H,28,29)/t15-/m0/s1. The van der Waals surface area contributed by atoms with Gasteiger partial charge in [-0.25, -0.2) is 4.39 Å². The summed E-state index contributed by atoms with van der Waals surface area (Å²) in [6.07, 6.45) is 0. The van der Waals surface area contributed by atoms with Crippen LogP contribution in [0.15, 0.2) is 72.8 Å². The maximum atomic E-state index is 13.0. The van der Waals surface area contributed by atoms with Gasteiger partial charge in [0.15, 0.2) is 0 Å². The summed E-state index contributed by atoms with van der Waals surface area (Å²) >= 11 is 6.19. The first-order chi connectivity index (χ1) is 14.4. The highest BCUT2D eigenvalue weighted by Crippen LogP contribution is 2.22. The lowest BCUT2D eigenvalue weighted by atomic mass is 10.1. The molecule has 0 aliphatic heterocycles. The average molecular weight is 426 g/mol. The molecule has 3 rings (SSSR count). The van der Waals surface area contributed by atoms with Crippen molar-refractivity contribution in [2.45, 2.75) is 13.0 Å². The number of carbonyl (C=O) groups excluding carboxylic acids is 2. The summed E-state index contributed by atoms with van der Waals surface area (Å²) in [5, 5.41) is 9.19. The van der Waals surface area contributed by atoms with Crippen molar-refractivity contribution in [1.82, 2.24) is 5.32 Å². The molecule has 0 unspecified atom stereocenters. The van der Waals surface area contributed by atoms with Crippen molar-refractivity contribution >= 4 is 34.8 Å². The van der Waals surface area contributed by atoms with Crippen LogP contribution in [0.4, 0.5) is 15.8 Å². The van der Waals surface area contributed by atoms with Crippen LogP contribution in [0.3, 0.4) is 0 Å². The number of rotatable bonds is 7. The number of amides is 2. The molecule has 0 bridgehead atoms. The molecular weight excluding hydrogens is 405 g/mol. The van der Waals surface area contributed by atoms with E-state index < -0.39 is 5.91 Å². The molecule has 3 aromatic rings. The highest BCUT2D eigenvalue weighted by molar-refractivity contribution is 6.31. The Morgan fingerprint density at radius 3 is 2.33 bits per heavy atom. The van der Waals surface area contributed by atoms with Crippen molar-refractivity contribution < 1.29 is 14.0 Å². The van der Waals surface area contributed by atoms with Gasteiger partial charge in [-0.05, 0) is 55.0 Å². The van der Waals surface area contributed by atoms with Crippen LogP contribution in [0.5, 0.6) is 0 Å². The summed E-state index contributed by atoms with van der Waals surface area (Å²) < 4.78 is 13.0. The number of hydrogen-bond acceptors (Lipinski definition) is 3. The molecule has 154 valence electrons. The van der Waals surface area contributed by atoms with Crippen molar-refractivity contribution in [3.63, 3.8) is 0 Å². The van der Waals surface area contributed by atoms with Crippen LogP contribution < -0.4 is 16.0 Å². The Labute approximate surface area is 179 Å². The number of anilines is 2. The summed E-state index contributed by atoms with van der Waals surface area (Å²) in [6.45, 7) is 1.96. The van der Waals surface area contributed by atoms with Crippen molar-refractivity contribution in [1.29, 1.82) is 0 Å². The SMILES string of the molecule is C[C@H](NCC(=O)Nc1ccccc1C(=O)Nc1ccc(F)cc1)c1ccccc1Cl. The molecule has 1 atom stereocenters. The summed E-state index contributed by atoms with van der Waals surface area (Å²) in [7, 11) is 0. The number of halogens is 2. The number of para-hydroxylation sites is 1. The van der Waals surface area contributed by atoms with E-state index in [1.807, 2.05) is 25.1 Å². The maximum absolute atomic E-state index is 13.0. The quantitative estimate of drug-likeness (QED) is 0.497. The Morgan fingerprint density at radius 1 is 0.933 bits per heavy atom. The van der Waals surface area contributed by atoms with Gasteiger partial charge in [-0.15, -0.1) is 0 Å². The summed E-state index contributed by atoms with van der Waals surface area (Å²) in [4.78, 5) is 25.0. The zero-order valence-electron chi connectivity index (χ0n) is 16.3. The second-order valence-electron chi connectivity index (χ2n) is 6.68. The lowest BCUT2D eigenvalue weighted by Gasteiger charge is -2.16. The summed E-state index contributed by atoms with van der Waals surface area (Å²) in [6, 6.07) is 19.4. The lowest BCUT2D eigenvalue weighted by molar-refractivity contribution is -0.115. The Kier molecular flexibility index (Phi) is 7.17. The van der Waals surface area contributed by atoms with Crippen LogP contribution >= 0.6 is 11.6 Å². The third-order valence-corrected chi connectivity index (χ3v) is 4.83. The fourth-order valence-corrected chi connectivity index (χ4v) is 3.20. The third kappa shape index (κ3) is 5.65. The molecule has 3 aromatic carbocycles. The molecule has 0 aromatic heterocycles. The van der Waals surface area contributed by atoms with E-state index in [0.29, 0.717) is 22.0 Å². The molecule has 0 saturated carbocycles. The van der Waals surface area contributed by atoms with E-state index in [1.165, 1.54) is 24.3 Å². The molecule has 0 heterocycles. The first-order valence-electron chi connectivity index (χ1n) is 9.37. The Hall–Kier alpha value is -3.22. The zero-order chi connectivity index (χ0) is 21.5. The molecule has 0 saturated heterocycles. The van der Waals surface area contributed by atoms with Crippen molar-refractivity contribution in [2.75, 3.05) is 17.2 Å². The zero-order valence-corrected chi connectivity index (χ0v) is 17.0. The Bertz CT molecular complexity index is 1040. The highest BCUT2D eigenvalue weighted by Gasteiger charge is 2.15. The minimum absolute atomic E-state index is 0.0420. The molecule has 30 heavy (non-hydrogen) atoms. The van der Waals surface area contributed by atoms with Crippen LogP contribution in [0.25, 0.3) is 0 Å². The van der Waals surface area contributed by atoms with Gasteiger partial charge in [0.25, 0.3) is 5.91 Å². The highest BCUT2D eigenvalue weighted by atomic mass is 35.5. The van der Waals surface area contributed by atoms with Crippen molar-refractivity contribution in [2.24, 2.45) is 0 Å². The molecule has 5 nitrogen and oxygen atoms in total. The normalized spacial score (nSPS) is 11.6. The van der Waals surface area contributed by atoms with Crippen LogP contribution in [-0.2, 0) is 4.79 Å². The molecule has 7 heteroatoms. The van der Waals surface area contributed by atoms with E-state index in [2.05, 4.69) is 16.0 Å². The Balaban J connectivity index is 1.62. The van der Waals surface area contributed by atoms with Gasteiger partial charge in [-0.3, -0.25) is 9.59 Å². The van der Waals surface area contributed by atoms with Gasteiger partial charge in [0.05, 0.1) is 17.8 Å². The smallest absolute Gasteiger partial charge is 0.257 e. The van der Waals surface area contributed by atoms with Gasteiger partial charge in [0.2, 0.25) is 5.91 Å².